The average molecular weight is 427 g/mol. The predicted octanol–water partition coefficient (Wildman–Crippen LogP) is 4.27. The molecular weight excluding hydrogens is 408 g/mol. The van der Waals surface area contributed by atoms with Crippen LogP contribution in [0.5, 0.6) is 0 Å². The van der Waals surface area contributed by atoms with Crippen molar-refractivity contribution >= 4 is 38.9 Å². The van der Waals surface area contributed by atoms with Crippen LogP contribution in [0.3, 0.4) is 0 Å². The van der Waals surface area contributed by atoms with Crippen LogP contribution in [0.15, 0.2) is 77.7 Å². The van der Waals surface area contributed by atoms with Gasteiger partial charge >= 0.3 is 0 Å². The molecular formula is C22H19ClN2O3S. The third kappa shape index (κ3) is 4.13. The highest BCUT2D eigenvalue weighted by molar-refractivity contribution is 7.92. The molecule has 0 bridgehead atoms. The van der Waals surface area contributed by atoms with Gasteiger partial charge in [-0.3, -0.25) is 9.10 Å². The fourth-order valence-corrected chi connectivity index (χ4v) is 5.02. The lowest BCUT2D eigenvalue weighted by Gasteiger charge is -2.19. The van der Waals surface area contributed by atoms with Gasteiger partial charge in [-0.15, -0.1) is 0 Å². The number of sulfonamides is 1. The molecule has 5 nitrogen and oxygen atoms in total. The molecule has 0 saturated heterocycles. The second kappa shape index (κ2) is 7.89. The van der Waals surface area contributed by atoms with Crippen molar-refractivity contribution in [3.8, 4) is 0 Å². The summed E-state index contributed by atoms with van der Waals surface area (Å²) in [6.07, 6.45) is 0.913. The van der Waals surface area contributed by atoms with E-state index in [1.54, 1.807) is 36.4 Å². The summed E-state index contributed by atoms with van der Waals surface area (Å²) in [5.41, 5.74) is 3.15. The molecule has 148 valence electrons. The zero-order chi connectivity index (χ0) is 20.4. The first-order valence-corrected chi connectivity index (χ1v) is 11.0. The van der Waals surface area contributed by atoms with Gasteiger partial charge in [-0.05, 0) is 60.0 Å². The quantitative estimate of drug-likeness (QED) is 0.662. The van der Waals surface area contributed by atoms with E-state index in [9.17, 15) is 13.2 Å². The van der Waals surface area contributed by atoms with E-state index in [2.05, 4.69) is 5.32 Å². The summed E-state index contributed by atoms with van der Waals surface area (Å²) in [4.78, 5) is 12.4. The minimum absolute atomic E-state index is 0.184. The van der Waals surface area contributed by atoms with Crippen molar-refractivity contribution in [3.05, 3.63) is 88.9 Å². The Labute approximate surface area is 175 Å². The number of benzene rings is 3. The van der Waals surface area contributed by atoms with Crippen LogP contribution in [0.1, 0.15) is 11.1 Å². The molecule has 4 rings (SSSR count). The molecule has 1 aliphatic rings. The van der Waals surface area contributed by atoms with Crippen LogP contribution >= 0.6 is 11.6 Å². The molecule has 0 unspecified atom stereocenters. The molecule has 1 aliphatic heterocycles. The van der Waals surface area contributed by atoms with Crippen molar-refractivity contribution in [1.82, 2.24) is 0 Å². The Bertz CT molecular complexity index is 1140. The molecule has 0 spiro atoms. The lowest BCUT2D eigenvalue weighted by atomic mass is 10.1. The summed E-state index contributed by atoms with van der Waals surface area (Å²) < 4.78 is 27.5. The van der Waals surface area contributed by atoms with Crippen LogP contribution in [0.2, 0.25) is 5.02 Å². The van der Waals surface area contributed by atoms with Crippen LogP contribution < -0.4 is 9.62 Å². The molecule has 7 heteroatoms. The van der Waals surface area contributed by atoms with Gasteiger partial charge in [-0.1, -0.05) is 41.9 Å². The number of hydrogen-bond donors (Lipinski definition) is 1. The number of halogens is 1. The van der Waals surface area contributed by atoms with Crippen molar-refractivity contribution in [2.24, 2.45) is 0 Å². The second-order valence-electron chi connectivity index (χ2n) is 6.83. The smallest absolute Gasteiger partial charge is 0.264 e. The first-order valence-electron chi connectivity index (χ1n) is 9.18. The summed E-state index contributed by atoms with van der Waals surface area (Å²) in [6, 6.07) is 20.8. The Kier molecular flexibility index (Phi) is 5.30. The van der Waals surface area contributed by atoms with Gasteiger partial charge in [-0.25, -0.2) is 8.42 Å². The van der Waals surface area contributed by atoms with Crippen LogP contribution in [-0.4, -0.2) is 20.9 Å². The first-order chi connectivity index (χ1) is 13.9. The summed E-state index contributed by atoms with van der Waals surface area (Å²) in [5, 5.41) is 3.41. The van der Waals surface area contributed by atoms with Crippen molar-refractivity contribution in [2.45, 2.75) is 17.7 Å². The maximum atomic E-state index is 13.0. The Hall–Kier alpha value is -2.83. The van der Waals surface area contributed by atoms with E-state index in [0.29, 0.717) is 23.7 Å². The highest BCUT2D eigenvalue weighted by Gasteiger charge is 2.30. The third-order valence-electron chi connectivity index (χ3n) is 4.85. The number of carbonyl (C=O) groups is 1. The molecule has 29 heavy (non-hydrogen) atoms. The highest BCUT2D eigenvalue weighted by atomic mass is 35.5. The molecule has 1 N–H and O–H groups in total. The fourth-order valence-electron chi connectivity index (χ4n) is 3.39. The molecule has 0 fully saturated rings. The number of fused-ring (bicyclic) bond motifs is 1. The molecule has 0 radical (unpaired) electrons. The lowest BCUT2D eigenvalue weighted by molar-refractivity contribution is -0.115. The van der Waals surface area contributed by atoms with Crippen LogP contribution in [0.25, 0.3) is 0 Å². The Morgan fingerprint density at radius 3 is 2.38 bits per heavy atom. The Morgan fingerprint density at radius 1 is 0.966 bits per heavy atom. The van der Waals surface area contributed by atoms with Crippen LogP contribution in [0, 0.1) is 0 Å². The fraction of sp³-hybridized carbons (Fsp3) is 0.136. The molecule has 1 amide bonds. The molecule has 0 aliphatic carbocycles. The minimum Gasteiger partial charge on any atom is -0.326 e. The van der Waals surface area contributed by atoms with E-state index in [1.807, 2.05) is 24.3 Å². The van der Waals surface area contributed by atoms with Gasteiger partial charge in [0.1, 0.15) is 0 Å². The van der Waals surface area contributed by atoms with Gasteiger partial charge in [0.05, 0.1) is 17.0 Å². The van der Waals surface area contributed by atoms with Gasteiger partial charge < -0.3 is 5.32 Å². The molecule has 0 aromatic heterocycles. The van der Waals surface area contributed by atoms with E-state index in [-0.39, 0.29) is 17.2 Å². The summed E-state index contributed by atoms with van der Waals surface area (Å²) >= 11 is 5.85. The maximum Gasteiger partial charge on any atom is 0.264 e. The van der Waals surface area contributed by atoms with Gasteiger partial charge in [0.25, 0.3) is 10.0 Å². The largest absolute Gasteiger partial charge is 0.326 e. The average Bonchev–Trinajstić information content (AvgIpc) is 3.15. The Morgan fingerprint density at radius 2 is 1.66 bits per heavy atom. The van der Waals surface area contributed by atoms with Gasteiger partial charge in [-0.2, -0.15) is 0 Å². The van der Waals surface area contributed by atoms with Gasteiger partial charge in [0.2, 0.25) is 5.91 Å². The summed E-state index contributed by atoms with van der Waals surface area (Å²) in [5.74, 6) is -0.184. The van der Waals surface area contributed by atoms with Crippen molar-refractivity contribution < 1.29 is 13.2 Å². The monoisotopic (exact) mass is 426 g/mol. The van der Waals surface area contributed by atoms with E-state index >= 15 is 0 Å². The molecule has 3 aromatic carbocycles. The van der Waals surface area contributed by atoms with E-state index in [0.717, 1.165) is 16.8 Å². The summed E-state index contributed by atoms with van der Waals surface area (Å²) in [6.45, 7) is 0.432. The topological polar surface area (TPSA) is 66.5 Å². The number of nitrogens with one attached hydrogen (secondary N) is 1. The minimum atomic E-state index is -3.64. The number of anilines is 2. The zero-order valence-electron chi connectivity index (χ0n) is 15.5. The van der Waals surface area contributed by atoms with E-state index < -0.39 is 10.0 Å². The molecule has 1 heterocycles. The number of hydrogen-bond acceptors (Lipinski definition) is 3. The van der Waals surface area contributed by atoms with Crippen molar-refractivity contribution in [1.29, 1.82) is 0 Å². The highest BCUT2D eigenvalue weighted by Crippen LogP contribution is 2.32. The van der Waals surface area contributed by atoms with Gasteiger partial charge in [0, 0.05) is 17.3 Å². The maximum absolute atomic E-state index is 13.0. The SMILES string of the molecule is O=C(Cc1ccc(Cl)cc1)Nc1ccc(S(=O)(=O)N2CCc3ccccc32)cc1. The van der Waals surface area contributed by atoms with E-state index in [1.165, 1.54) is 16.4 Å². The predicted molar refractivity (Wildman–Crippen MR) is 115 cm³/mol. The summed E-state index contributed by atoms with van der Waals surface area (Å²) in [7, 11) is -3.64. The van der Waals surface area contributed by atoms with Crippen molar-refractivity contribution in [2.75, 3.05) is 16.2 Å². The molecule has 3 aromatic rings. The number of carbonyl (C=O) groups excluding carboxylic acids is 1. The number of para-hydroxylation sites is 1. The lowest BCUT2D eigenvalue weighted by Crippen LogP contribution is -2.29. The van der Waals surface area contributed by atoms with Crippen LogP contribution in [0.4, 0.5) is 11.4 Å². The van der Waals surface area contributed by atoms with Crippen molar-refractivity contribution in [3.63, 3.8) is 0 Å². The zero-order valence-corrected chi connectivity index (χ0v) is 17.1. The van der Waals surface area contributed by atoms with E-state index in [4.69, 9.17) is 11.6 Å². The third-order valence-corrected chi connectivity index (χ3v) is 6.93. The number of rotatable bonds is 5. The Balaban J connectivity index is 1.46. The molecule has 0 atom stereocenters. The second-order valence-corrected chi connectivity index (χ2v) is 9.13. The number of amides is 1. The molecule has 0 saturated carbocycles. The number of nitrogens with zero attached hydrogens (tertiary/aromatic N) is 1. The standard InChI is InChI=1S/C22H19ClN2O3S/c23-18-7-5-16(6-8-18)15-22(26)24-19-9-11-20(12-10-19)29(27,28)25-14-13-17-3-1-2-4-21(17)25/h1-12H,13-15H2,(H,24,26). The van der Waals surface area contributed by atoms with Crippen LogP contribution in [-0.2, 0) is 27.7 Å². The normalized spacial score (nSPS) is 13.2. The first kappa shape index (κ1) is 19.5. The van der Waals surface area contributed by atoms with Gasteiger partial charge in [0.15, 0.2) is 0 Å².